The van der Waals surface area contributed by atoms with E-state index in [2.05, 4.69) is 11.4 Å². The molecule has 9 heteroatoms. The Kier molecular flexibility index (Phi) is 6.96. The molecule has 0 radical (unpaired) electrons. The molecule has 4 rings (SSSR count). The zero-order valence-electron chi connectivity index (χ0n) is 18.2. The smallest absolute Gasteiger partial charge is 0.243 e. The largest absolute Gasteiger partial charge is 0.315 e. The second kappa shape index (κ2) is 9.71. The minimum Gasteiger partial charge on any atom is -0.315 e. The number of rotatable bonds is 5. The van der Waals surface area contributed by atoms with Gasteiger partial charge < -0.3 is 5.32 Å². The second-order valence-electron chi connectivity index (χ2n) is 8.30. The molecule has 1 aliphatic carbocycles. The van der Waals surface area contributed by atoms with E-state index in [1.807, 2.05) is 11.8 Å². The molecule has 0 bridgehead atoms. The van der Waals surface area contributed by atoms with E-state index in [4.69, 9.17) is 0 Å². The molecule has 0 spiro atoms. The summed E-state index contributed by atoms with van der Waals surface area (Å²) in [5.41, 5.74) is 1.73. The van der Waals surface area contributed by atoms with Crippen LogP contribution in [0.3, 0.4) is 0 Å². The molecule has 1 aromatic heterocycles. The van der Waals surface area contributed by atoms with Crippen LogP contribution >= 0.6 is 11.3 Å². The van der Waals surface area contributed by atoms with Gasteiger partial charge >= 0.3 is 0 Å². The molecule has 32 heavy (non-hydrogen) atoms. The van der Waals surface area contributed by atoms with Gasteiger partial charge in [0.1, 0.15) is 11.1 Å². The molecule has 0 unspecified atom stereocenters. The van der Waals surface area contributed by atoms with E-state index in [1.165, 1.54) is 26.9 Å². The number of sulfonamides is 1. The average Bonchev–Trinajstić information content (AvgIpc) is 2.97. The summed E-state index contributed by atoms with van der Waals surface area (Å²) in [6, 6.07) is 10.3. The minimum atomic E-state index is -3.52. The van der Waals surface area contributed by atoms with Crippen LogP contribution in [-0.2, 0) is 27.7 Å². The highest BCUT2D eigenvalue weighted by molar-refractivity contribution is 7.89. The average molecular weight is 473 g/mol. The number of carbonyl (C=O) groups excluding carboxylic acids is 1. The molecule has 2 aliphatic rings. The molecular weight excluding hydrogens is 444 g/mol. The van der Waals surface area contributed by atoms with Crippen LogP contribution in [0.5, 0.6) is 0 Å². The van der Waals surface area contributed by atoms with Gasteiger partial charge in [-0.25, -0.2) is 8.42 Å². The Morgan fingerprint density at radius 2 is 1.78 bits per heavy atom. The fraction of sp³-hybridized carbons (Fsp3) is 0.478. The maximum Gasteiger partial charge on any atom is 0.243 e. The van der Waals surface area contributed by atoms with Crippen molar-refractivity contribution in [1.29, 1.82) is 5.26 Å². The molecule has 1 amide bonds. The maximum atomic E-state index is 13.0. The standard InChI is InChI=1S/C23H28N4O3S2/c1-17(22(28)25-23-20(16-24)19-10-6-3-7-11-21(19)31-23)26-12-14-27(15-13-26)32(29,30)18-8-4-2-5-9-18/h2,4-5,8-9,17H,3,6-7,10-15H2,1H3,(H,25,28)/t17-/m1/s1. The van der Waals surface area contributed by atoms with Gasteiger partial charge in [0.05, 0.1) is 16.5 Å². The van der Waals surface area contributed by atoms with Crippen molar-refractivity contribution in [3.63, 3.8) is 0 Å². The number of benzene rings is 1. The van der Waals surface area contributed by atoms with Gasteiger partial charge in [0.25, 0.3) is 0 Å². The first-order valence-electron chi connectivity index (χ1n) is 11.1. The van der Waals surface area contributed by atoms with Crippen molar-refractivity contribution in [1.82, 2.24) is 9.21 Å². The summed E-state index contributed by atoms with van der Waals surface area (Å²) in [4.78, 5) is 16.5. The van der Waals surface area contributed by atoms with Crippen molar-refractivity contribution in [3.8, 4) is 6.07 Å². The fourth-order valence-electron chi connectivity index (χ4n) is 4.40. The van der Waals surface area contributed by atoms with Crippen LogP contribution in [0, 0.1) is 11.3 Å². The maximum absolute atomic E-state index is 13.0. The van der Waals surface area contributed by atoms with Crippen molar-refractivity contribution >= 4 is 32.3 Å². The summed E-state index contributed by atoms with van der Waals surface area (Å²) in [7, 11) is -3.52. The van der Waals surface area contributed by atoms with E-state index in [0.717, 1.165) is 31.2 Å². The van der Waals surface area contributed by atoms with Gasteiger partial charge in [-0.3, -0.25) is 9.69 Å². The Balaban J connectivity index is 1.39. The minimum absolute atomic E-state index is 0.155. The first kappa shape index (κ1) is 22.9. The highest BCUT2D eigenvalue weighted by Gasteiger charge is 2.32. The second-order valence-corrected chi connectivity index (χ2v) is 11.3. The van der Waals surface area contributed by atoms with Gasteiger partial charge in [0.2, 0.25) is 15.9 Å². The Morgan fingerprint density at radius 3 is 2.47 bits per heavy atom. The zero-order chi connectivity index (χ0) is 22.7. The number of nitrogens with zero attached hydrogens (tertiary/aromatic N) is 3. The van der Waals surface area contributed by atoms with E-state index in [9.17, 15) is 18.5 Å². The van der Waals surface area contributed by atoms with Crippen LogP contribution in [0.4, 0.5) is 5.00 Å². The molecule has 0 saturated carbocycles. The van der Waals surface area contributed by atoms with Crippen molar-refractivity contribution in [2.75, 3.05) is 31.5 Å². The molecule has 1 aromatic carbocycles. The predicted molar refractivity (Wildman–Crippen MR) is 125 cm³/mol. The van der Waals surface area contributed by atoms with Crippen LogP contribution in [0.15, 0.2) is 35.2 Å². The number of amides is 1. The van der Waals surface area contributed by atoms with Crippen molar-refractivity contribution < 1.29 is 13.2 Å². The van der Waals surface area contributed by atoms with Crippen molar-refractivity contribution in [2.45, 2.75) is 50.0 Å². The molecule has 1 saturated heterocycles. The molecule has 1 N–H and O–H groups in total. The van der Waals surface area contributed by atoms with E-state index in [-0.39, 0.29) is 5.91 Å². The topological polar surface area (TPSA) is 93.5 Å². The number of anilines is 1. The number of thiophene rings is 1. The molecule has 2 aromatic rings. The molecule has 1 fully saturated rings. The molecule has 7 nitrogen and oxygen atoms in total. The number of carbonyl (C=O) groups is 1. The van der Waals surface area contributed by atoms with Crippen molar-refractivity contribution in [3.05, 3.63) is 46.3 Å². The first-order valence-corrected chi connectivity index (χ1v) is 13.3. The van der Waals surface area contributed by atoms with Gasteiger partial charge in [0.15, 0.2) is 0 Å². The lowest BCUT2D eigenvalue weighted by Crippen LogP contribution is -2.53. The third-order valence-electron chi connectivity index (χ3n) is 6.35. The third kappa shape index (κ3) is 4.59. The van der Waals surface area contributed by atoms with Gasteiger partial charge in [-0.1, -0.05) is 24.6 Å². The summed E-state index contributed by atoms with van der Waals surface area (Å²) in [5, 5.41) is 13.3. The number of piperazine rings is 1. The van der Waals surface area contributed by atoms with Gasteiger partial charge in [-0.2, -0.15) is 9.57 Å². The van der Waals surface area contributed by atoms with E-state index in [1.54, 1.807) is 30.3 Å². The highest BCUT2D eigenvalue weighted by Crippen LogP contribution is 2.37. The van der Waals surface area contributed by atoms with Crippen LogP contribution in [0.2, 0.25) is 0 Å². The van der Waals surface area contributed by atoms with Gasteiger partial charge in [-0.15, -0.1) is 11.3 Å². The highest BCUT2D eigenvalue weighted by atomic mass is 32.2. The molecule has 2 heterocycles. The first-order chi connectivity index (χ1) is 15.4. The fourth-order valence-corrected chi connectivity index (χ4v) is 7.09. The number of hydrogen-bond donors (Lipinski definition) is 1. The monoisotopic (exact) mass is 472 g/mol. The predicted octanol–water partition coefficient (Wildman–Crippen LogP) is 3.22. The van der Waals surface area contributed by atoms with Gasteiger partial charge in [0, 0.05) is 31.1 Å². The molecule has 170 valence electrons. The van der Waals surface area contributed by atoms with Crippen molar-refractivity contribution in [2.24, 2.45) is 0 Å². The molecular formula is C23H28N4O3S2. The summed E-state index contributed by atoms with van der Waals surface area (Å²) in [6.07, 6.45) is 5.25. The van der Waals surface area contributed by atoms with Crippen LogP contribution in [0.25, 0.3) is 0 Å². The van der Waals surface area contributed by atoms with E-state index >= 15 is 0 Å². The van der Waals surface area contributed by atoms with Crippen LogP contribution < -0.4 is 5.32 Å². The number of hydrogen-bond acceptors (Lipinski definition) is 6. The SMILES string of the molecule is C[C@H](C(=O)Nc1sc2c(c1C#N)CCCCC2)N1CCN(S(=O)(=O)c2ccccc2)CC1. The number of fused-ring (bicyclic) bond motifs is 1. The zero-order valence-corrected chi connectivity index (χ0v) is 19.8. The summed E-state index contributed by atoms with van der Waals surface area (Å²) < 4.78 is 27.1. The quantitative estimate of drug-likeness (QED) is 0.675. The van der Waals surface area contributed by atoms with Crippen LogP contribution in [-0.4, -0.2) is 55.8 Å². The normalized spacial score (nSPS) is 18.9. The summed E-state index contributed by atoms with van der Waals surface area (Å²) in [5.74, 6) is -0.155. The van der Waals surface area contributed by atoms with Crippen LogP contribution in [0.1, 0.15) is 42.2 Å². The third-order valence-corrected chi connectivity index (χ3v) is 9.47. The number of nitrogens with one attached hydrogen (secondary N) is 1. The van der Waals surface area contributed by atoms with E-state index < -0.39 is 16.1 Å². The lowest BCUT2D eigenvalue weighted by atomic mass is 10.1. The molecule has 1 aliphatic heterocycles. The number of aryl methyl sites for hydroxylation is 1. The lowest BCUT2D eigenvalue weighted by Gasteiger charge is -2.36. The number of nitriles is 1. The summed E-state index contributed by atoms with van der Waals surface area (Å²) in [6.45, 7) is 3.47. The Hall–Kier alpha value is -2.25. The van der Waals surface area contributed by atoms with Gasteiger partial charge in [-0.05, 0) is 50.3 Å². The Bertz CT molecular complexity index is 1110. The van der Waals surface area contributed by atoms with E-state index in [0.29, 0.717) is 41.6 Å². The lowest BCUT2D eigenvalue weighted by molar-refractivity contribution is -0.121. The molecule has 1 atom stereocenters. The Morgan fingerprint density at radius 1 is 1.09 bits per heavy atom. The Labute approximate surface area is 193 Å². The summed E-state index contributed by atoms with van der Waals surface area (Å²) >= 11 is 1.53.